The summed E-state index contributed by atoms with van der Waals surface area (Å²) in [5, 5.41) is 10.3. The van der Waals surface area contributed by atoms with E-state index < -0.39 is 0 Å². The minimum absolute atomic E-state index is 0.209. The van der Waals surface area contributed by atoms with Crippen molar-refractivity contribution < 1.29 is 14.6 Å². The van der Waals surface area contributed by atoms with Gasteiger partial charge < -0.3 is 14.6 Å². The number of hydrogen-bond donors (Lipinski definition) is 1. The van der Waals surface area contributed by atoms with Crippen LogP contribution in [0.5, 0.6) is 17.2 Å². The maximum Gasteiger partial charge on any atom is 0.203 e. The van der Waals surface area contributed by atoms with E-state index in [1.54, 1.807) is 6.07 Å². The van der Waals surface area contributed by atoms with E-state index in [1.165, 1.54) is 51.4 Å². The Bertz CT molecular complexity index is 470. The fourth-order valence-electron chi connectivity index (χ4n) is 3.78. The van der Waals surface area contributed by atoms with Crippen molar-refractivity contribution in [2.24, 2.45) is 0 Å². The van der Waals surface area contributed by atoms with E-state index in [0.717, 1.165) is 31.4 Å². The first-order chi connectivity index (χ1) is 11.3. The van der Waals surface area contributed by atoms with Crippen LogP contribution in [0.4, 0.5) is 0 Å². The van der Waals surface area contributed by atoms with Gasteiger partial charge in [-0.15, -0.1) is 0 Å². The van der Waals surface area contributed by atoms with E-state index in [-0.39, 0.29) is 18.0 Å². The van der Waals surface area contributed by atoms with Crippen molar-refractivity contribution in [2.45, 2.75) is 89.3 Å². The molecule has 128 valence electrons. The summed E-state index contributed by atoms with van der Waals surface area (Å²) in [4.78, 5) is 0. The number of rotatable bonds is 4. The van der Waals surface area contributed by atoms with Gasteiger partial charge in [0.2, 0.25) is 5.75 Å². The Labute approximate surface area is 140 Å². The van der Waals surface area contributed by atoms with Crippen LogP contribution in [0.3, 0.4) is 0 Å². The third-order valence-corrected chi connectivity index (χ3v) is 5.14. The maximum atomic E-state index is 10.3. The van der Waals surface area contributed by atoms with Crippen molar-refractivity contribution in [2.75, 3.05) is 0 Å². The molecule has 0 radical (unpaired) electrons. The summed E-state index contributed by atoms with van der Waals surface area (Å²) < 4.78 is 12.4. The summed E-state index contributed by atoms with van der Waals surface area (Å²) in [6.45, 7) is 0. The van der Waals surface area contributed by atoms with Gasteiger partial charge in [0.25, 0.3) is 0 Å². The smallest absolute Gasteiger partial charge is 0.203 e. The highest BCUT2D eigenvalue weighted by atomic mass is 16.5. The highest BCUT2D eigenvalue weighted by Gasteiger charge is 2.21. The van der Waals surface area contributed by atoms with Crippen LogP contribution in [0.25, 0.3) is 0 Å². The molecule has 0 aliphatic heterocycles. The molecule has 2 aliphatic rings. The van der Waals surface area contributed by atoms with Gasteiger partial charge in [0.05, 0.1) is 12.2 Å². The molecule has 0 amide bonds. The molecule has 0 bridgehead atoms. The van der Waals surface area contributed by atoms with Gasteiger partial charge in [0.15, 0.2) is 11.5 Å². The maximum absolute atomic E-state index is 10.3. The number of ether oxygens (including phenoxy) is 2. The molecule has 0 atom stereocenters. The first-order valence-corrected chi connectivity index (χ1v) is 9.48. The second-order valence-electron chi connectivity index (χ2n) is 7.07. The second-order valence-corrected chi connectivity index (χ2v) is 7.07. The molecular formula is C20H30O3. The Hall–Kier alpha value is -1.38. The zero-order valence-corrected chi connectivity index (χ0v) is 14.1. The van der Waals surface area contributed by atoms with E-state index in [2.05, 4.69) is 0 Å². The summed E-state index contributed by atoms with van der Waals surface area (Å²) in [6.07, 6.45) is 15.0. The van der Waals surface area contributed by atoms with Crippen molar-refractivity contribution in [3.63, 3.8) is 0 Å². The van der Waals surface area contributed by atoms with Crippen molar-refractivity contribution >= 4 is 0 Å². The lowest BCUT2D eigenvalue weighted by molar-refractivity contribution is 0.143. The first kappa shape index (κ1) is 16.5. The molecule has 23 heavy (non-hydrogen) atoms. The van der Waals surface area contributed by atoms with Crippen molar-refractivity contribution in [1.82, 2.24) is 0 Å². The first-order valence-electron chi connectivity index (χ1n) is 9.48. The van der Waals surface area contributed by atoms with Gasteiger partial charge in [-0.1, -0.05) is 31.7 Å². The van der Waals surface area contributed by atoms with Crippen LogP contribution in [-0.4, -0.2) is 17.3 Å². The topological polar surface area (TPSA) is 38.7 Å². The Morgan fingerprint density at radius 3 is 1.78 bits per heavy atom. The fourth-order valence-corrected chi connectivity index (χ4v) is 3.78. The molecule has 2 saturated carbocycles. The highest BCUT2D eigenvalue weighted by Crippen LogP contribution is 2.39. The number of phenols is 1. The van der Waals surface area contributed by atoms with Gasteiger partial charge in [-0.3, -0.25) is 0 Å². The standard InChI is InChI=1S/C20H30O3/c21-18-14-9-15-19(22-16-10-5-1-2-6-11-16)20(18)23-17-12-7-3-4-8-13-17/h9,14-17,21H,1-8,10-13H2. The van der Waals surface area contributed by atoms with Crippen molar-refractivity contribution in [1.29, 1.82) is 0 Å². The van der Waals surface area contributed by atoms with E-state index in [9.17, 15) is 5.11 Å². The normalized spacial score (nSPS) is 21.4. The number of hydrogen-bond acceptors (Lipinski definition) is 3. The van der Waals surface area contributed by atoms with Crippen LogP contribution in [0, 0.1) is 0 Å². The molecule has 0 aromatic heterocycles. The third kappa shape index (κ3) is 4.79. The van der Waals surface area contributed by atoms with Crippen molar-refractivity contribution in [3.05, 3.63) is 18.2 Å². The lowest BCUT2D eigenvalue weighted by Gasteiger charge is -2.23. The summed E-state index contributed by atoms with van der Waals surface area (Å²) in [5.74, 6) is 1.49. The Morgan fingerprint density at radius 2 is 1.22 bits per heavy atom. The molecule has 0 spiro atoms. The quantitative estimate of drug-likeness (QED) is 0.735. The number of aromatic hydroxyl groups is 1. The second kappa shape index (κ2) is 8.47. The van der Waals surface area contributed by atoms with Gasteiger partial charge in [-0.05, 0) is 63.5 Å². The third-order valence-electron chi connectivity index (χ3n) is 5.14. The van der Waals surface area contributed by atoms with Crippen LogP contribution in [0.2, 0.25) is 0 Å². The largest absolute Gasteiger partial charge is 0.504 e. The van der Waals surface area contributed by atoms with Crippen LogP contribution >= 0.6 is 0 Å². The van der Waals surface area contributed by atoms with Gasteiger partial charge in [0, 0.05) is 0 Å². The summed E-state index contributed by atoms with van der Waals surface area (Å²) in [5.41, 5.74) is 0. The predicted octanol–water partition coefficient (Wildman–Crippen LogP) is 5.60. The van der Waals surface area contributed by atoms with Gasteiger partial charge >= 0.3 is 0 Å². The SMILES string of the molecule is Oc1cccc(OC2CCCCCC2)c1OC1CCCCCC1. The van der Waals surface area contributed by atoms with E-state index in [1.807, 2.05) is 12.1 Å². The zero-order chi connectivity index (χ0) is 15.9. The lowest BCUT2D eigenvalue weighted by Crippen LogP contribution is -2.18. The van der Waals surface area contributed by atoms with Gasteiger partial charge in [0.1, 0.15) is 0 Å². The van der Waals surface area contributed by atoms with E-state index in [4.69, 9.17) is 9.47 Å². The summed E-state index contributed by atoms with van der Waals surface area (Å²) in [7, 11) is 0. The number of benzene rings is 1. The predicted molar refractivity (Wildman–Crippen MR) is 92.3 cm³/mol. The summed E-state index contributed by atoms with van der Waals surface area (Å²) >= 11 is 0. The molecule has 1 aromatic rings. The van der Waals surface area contributed by atoms with Gasteiger partial charge in [-0.2, -0.15) is 0 Å². The van der Waals surface area contributed by atoms with E-state index in [0.29, 0.717) is 5.75 Å². The van der Waals surface area contributed by atoms with E-state index >= 15 is 0 Å². The molecular weight excluding hydrogens is 288 g/mol. The molecule has 3 heteroatoms. The monoisotopic (exact) mass is 318 g/mol. The number of phenolic OH excluding ortho intramolecular Hbond substituents is 1. The molecule has 0 heterocycles. The molecule has 0 unspecified atom stereocenters. The van der Waals surface area contributed by atoms with Crippen LogP contribution in [-0.2, 0) is 0 Å². The Morgan fingerprint density at radius 1 is 0.696 bits per heavy atom. The molecule has 3 rings (SSSR count). The Balaban J connectivity index is 1.70. The molecule has 2 aliphatic carbocycles. The zero-order valence-electron chi connectivity index (χ0n) is 14.1. The minimum atomic E-state index is 0.209. The average Bonchev–Trinajstić information content (AvgIpc) is 2.95. The van der Waals surface area contributed by atoms with Crippen LogP contribution < -0.4 is 9.47 Å². The fraction of sp³-hybridized carbons (Fsp3) is 0.700. The molecule has 3 nitrogen and oxygen atoms in total. The Kier molecular flexibility index (Phi) is 6.06. The van der Waals surface area contributed by atoms with Crippen LogP contribution in [0.15, 0.2) is 18.2 Å². The van der Waals surface area contributed by atoms with Crippen LogP contribution in [0.1, 0.15) is 77.0 Å². The molecule has 2 fully saturated rings. The molecule has 0 saturated heterocycles. The van der Waals surface area contributed by atoms with Crippen molar-refractivity contribution in [3.8, 4) is 17.2 Å². The molecule has 1 aromatic carbocycles. The van der Waals surface area contributed by atoms with Gasteiger partial charge in [-0.25, -0.2) is 0 Å². The molecule has 1 N–H and O–H groups in total. The highest BCUT2D eigenvalue weighted by molar-refractivity contribution is 5.50. The number of para-hydroxylation sites is 1. The minimum Gasteiger partial charge on any atom is -0.504 e. The average molecular weight is 318 g/mol. The lowest BCUT2D eigenvalue weighted by atomic mass is 10.1. The summed E-state index contributed by atoms with van der Waals surface area (Å²) in [6, 6.07) is 5.49.